The first-order valence-corrected chi connectivity index (χ1v) is 8.89. The smallest absolute Gasteiger partial charge is 0.166 e. The molecule has 1 saturated carbocycles. The van der Waals surface area contributed by atoms with Gasteiger partial charge in [-0.15, -0.1) is 0 Å². The van der Waals surface area contributed by atoms with E-state index in [1.54, 1.807) is 43.5 Å². The highest BCUT2D eigenvalue weighted by Gasteiger charge is 2.41. The van der Waals surface area contributed by atoms with Crippen LogP contribution in [0.4, 0.5) is 0 Å². The van der Waals surface area contributed by atoms with Gasteiger partial charge >= 0.3 is 0 Å². The number of hydrogen-bond acceptors (Lipinski definition) is 6. The van der Waals surface area contributed by atoms with Crippen LogP contribution in [0.15, 0.2) is 36.5 Å². The zero-order valence-electron chi connectivity index (χ0n) is 14.7. The normalized spacial score (nSPS) is 14.9. The number of aromatic nitrogens is 3. The largest absolute Gasteiger partial charge is 0.491 e. The van der Waals surface area contributed by atoms with Gasteiger partial charge in [0.15, 0.2) is 11.1 Å². The summed E-state index contributed by atoms with van der Waals surface area (Å²) in [7, 11) is 0. The molecule has 3 aromatic rings. The van der Waals surface area contributed by atoms with Crippen LogP contribution in [0.25, 0.3) is 11.2 Å². The first kappa shape index (κ1) is 17.6. The highest BCUT2D eigenvalue weighted by atomic mass is 35.5. The number of halogens is 1. The molecule has 0 spiro atoms. The summed E-state index contributed by atoms with van der Waals surface area (Å²) in [6, 6.07) is 8.54. The molecular weight excluding hydrogens is 366 g/mol. The van der Waals surface area contributed by atoms with E-state index < -0.39 is 5.60 Å². The Kier molecular flexibility index (Phi) is 4.20. The van der Waals surface area contributed by atoms with Gasteiger partial charge in [0.2, 0.25) is 0 Å². The van der Waals surface area contributed by atoms with Crippen LogP contribution in [0.2, 0.25) is 5.02 Å². The lowest BCUT2D eigenvalue weighted by Crippen LogP contribution is -2.31. The van der Waals surface area contributed by atoms with Crippen LogP contribution >= 0.6 is 11.6 Å². The summed E-state index contributed by atoms with van der Waals surface area (Å²) in [4.78, 5) is 8.65. The first-order valence-electron chi connectivity index (χ1n) is 8.51. The van der Waals surface area contributed by atoms with E-state index in [0.717, 1.165) is 12.8 Å². The van der Waals surface area contributed by atoms with E-state index in [2.05, 4.69) is 9.97 Å². The maximum absolute atomic E-state index is 9.95. The average Bonchev–Trinajstić information content (AvgIpc) is 3.39. The lowest BCUT2D eigenvalue weighted by Gasteiger charge is -2.16. The lowest BCUT2D eigenvalue weighted by atomic mass is 10.2. The third-order valence-electron chi connectivity index (χ3n) is 4.58. The minimum Gasteiger partial charge on any atom is -0.491 e. The third-order valence-corrected chi connectivity index (χ3v) is 4.91. The molecule has 1 aromatic carbocycles. The van der Waals surface area contributed by atoms with Crippen molar-refractivity contribution in [1.82, 2.24) is 14.5 Å². The fourth-order valence-electron chi connectivity index (χ4n) is 2.77. The molecule has 0 atom stereocenters. The predicted molar refractivity (Wildman–Crippen MR) is 101 cm³/mol. The monoisotopic (exact) mass is 383 g/mol. The Morgan fingerprint density at radius 3 is 2.89 bits per heavy atom. The van der Waals surface area contributed by atoms with Crippen molar-refractivity contribution >= 4 is 28.6 Å². The molecule has 0 unspecified atom stereocenters. The van der Waals surface area contributed by atoms with Crippen LogP contribution in [0, 0.1) is 17.7 Å². The Hall–Kier alpha value is -2.77. The van der Waals surface area contributed by atoms with Crippen LogP contribution < -0.4 is 10.2 Å². The van der Waals surface area contributed by atoms with E-state index in [9.17, 15) is 5.11 Å². The van der Waals surface area contributed by atoms with Crippen molar-refractivity contribution < 1.29 is 9.84 Å². The van der Waals surface area contributed by atoms with Crippen molar-refractivity contribution in [2.24, 2.45) is 0 Å². The number of nitrogens with zero attached hydrogens (tertiary/aromatic N) is 3. The van der Waals surface area contributed by atoms with Gasteiger partial charge in [0.05, 0.1) is 16.3 Å². The molecule has 1 aliphatic rings. The molecule has 138 valence electrons. The molecule has 0 amide bonds. The molecule has 4 rings (SSSR count). The third kappa shape index (κ3) is 3.31. The number of pyridine rings is 1. The van der Waals surface area contributed by atoms with Crippen molar-refractivity contribution in [1.29, 1.82) is 10.8 Å². The molecule has 1 fully saturated rings. The second-order valence-electron chi connectivity index (χ2n) is 6.73. The van der Waals surface area contributed by atoms with Crippen molar-refractivity contribution in [3.63, 3.8) is 0 Å². The van der Waals surface area contributed by atoms with Crippen molar-refractivity contribution in [2.75, 3.05) is 6.61 Å². The van der Waals surface area contributed by atoms with Gasteiger partial charge < -0.3 is 9.84 Å². The van der Waals surface area contributed by atoms with Gasteiger partial charge in [0.25, 0.3) is 0 Å². The number of hydrogen-bond donors (Lipinski definition) is 3. The van der Waals surface area contributed by atoms with Crippen molar-refractivity contribution in [3.05, 3.63) is 58.3 Å². The van der Waals surface area contributed by atoms with E-state index in [-0.39, 0.29) is 17.9 Å². The topological polar surface area (TPSA) is 108 Å². The summed E-state index contributed by atoms with van der Waals surface area (Å²) < 4.78 is 7.08. The van der Waals surface area contributed by atoms with Crippen LogP contribution in [0.3, 0.4) is 0 Å². The van der Waals surface area contributed by atoms with Crippen molar-refractivity contribution in [2.45, 2.75) is 25.4 Å². The SMILES string of the molecule is Cc1nc2cccnc2n(C(=N)c2cc(OCC3(O)CC3)ccc2Cl)c1=N. The summed E-state index contributed by atoms with van der Waals surface area (Å²) in [6.07, 6.45) is 3.06. The summed E-state index contributed by atoms with van der Waals surface area (Å²) in [5.41, 5.74) is 1.23. The first-order chi connectivity index (χ1) is 12.9. The molecule has 2 aromatic heterocycles. The standard InChI is InChI=1S/C19H18ClN5O2/c1-11-16(21)25(18-15(24-11)3-2-8-23-18)17(22)13-9-12(4-5-14(13)20)27-10-19(26)6-7-19/h2-5,8-9,21-22,26H,6-7,10H2,1H3. The second kappa shape index (κ2) is 6.44. The van der Waals surface area contributed by atoms with Crippen LogP contribution in [0.5, 0.6) is 5.75 Å². The number of rotatable bonds is 4. The Morgan fingerprint density at radius 2 is 2.15 bits per heavy atom. The van der Waals surface area contributed by atoms with Crippen LogP contribution in [0.1, 0.15) is 24.1 Å². The van der Waals surface area contributed by atoms with E-state index in [4.69, 9.17) is 27.2 Å². The molecule has 3 N–H and O–H groups in total. The van der Waals surface area contributed by atoms with Gasteiger partial charge in [-0.3, -0.25) is 15.4 Å². The summed E-state index contributed by atoms with van der Waals surface area (Å²) in [6.45, 7) is 1.92. The predicted octanol–water partition coefficient (Wildman–Crippen LogP) is 2.65. The quantitative estimate of drug-likeness (QED) is 0.475. The van der Waals surface area contributed by atoms with Gasteiger partial charge in [-0.25, -0.2) is 9.97 Å². The van der Waals surface area contributed by atoms with Gasteiger partial charge in [0, 0.05) is 11.8 Å². The zero-order valence-corrected chi connectivity index (χ0v) is 15.4. The molecule has 1 aliphatic carbocycles. The number of aryl methyl sites for hydroxylation is 1. The highest BCUT2D eigenvalue weighted by Crippen LogP contribution is 2.35. The maximum atomic E-state index is 9.95. The molecule has 27 heavy (non-hydrogen) atoms. The van der Waals surface area contributed by atoms with Gasteiger partial charge in [-0.05, 0) is 50.1 Å². The Balaban J connectivity index is 1.78. The highest BCUT2D eigenvalue weighted by molar-refractivity contribution is 6.34. The molecule has 8 heteroatoms. The Labute approximate surface area is 160 Å². The average molecular weight is 384 g/mol. The Morgan fingerprint density at radius 1 is 1.37 bits per heavy atom. The number of fused-ring (bicyclic) bond motifs is 1. The summed E-state index contributed by atoms with van der Waals surface area (Å²) in [5.74, 6) is 0.518. The minimum atomic E-state index is -0.737. The lowest BCUT2D eigenvalue weighted by molar-refractivity contribution is 0.0856. The maximum Gasteiger partial charge on any atom is 0.166 e. The minimum absolute atomic E-state index is 0.00906. The number of nitrogens with one attached hydrogen (secondary N) is 2. The summed E-state index contributed by atoms with van der Waals surface area (Å²) in [5, 5.41) is 27.4. The molecule has 2 heterocycles. The zero-order chi connectivity index (χ0) is 19.2. The van der Waals surface area contributed by atoms with Gasteiger partial charge in [-0.2, -0.15) is 0 Å². The number of aliphatic hydroxyl groups is 1. The van der Waals surface area contributed by atoms with Crippen molar-refractivity contribution in [3.8, 4) is 5.75 Å². The molecule has 0 bridgehead atoms. The second-order valence-corrected chi connectivity index (χ2v) is 7.14. The van der Waals surface area contributed by atoms with E-state index in [0.29, 0.717) is 33.2 Å². The Bertz CT molecular complexity index is 1120. The fraction of sp³-hybridized carbons (Fsp3) is 0.263. The number of ether oxygens (including phenoxy) is 1. The molecule has 0 aliphatic heterocycles. The number of benzene rings is 1. The molecular formula is C19H18ClN5O2. The van der Waals surface area contributed by atoms with E-state index >= 15 is 0 Å². The van der Waals surface area contributed by atoms with E-state index in [1.807, 2.05) is 0 Å². The molecule has 0 radical (unpaired) electrons. The van der Waals surface area contributed by atoms with Crippen LogP contribution in [-0.4, -0.2) is 37.7 Å². The fourth-order valence-corrected chi connectivity index (χ4v) is 2.98. The van der Waals surface area contributed by atoms with Gasteiger partial charge in [0.1, 0.15) is 23.7 Å². The van der Waals surface area contributed by atoms with E-state index in [1.165, 1.54) is 4.57 Å². The van der Waals surface area contributed by atoms with Gasteiger partial charge in [-0.1, -0.05) is 11.6 Å². The molecule has 0 saturated heterocycles. The summed E-state index contributed by atoms with van der Waals surface area (Å²) >= 11 is 6.33. The molecule has 7 nitrogen and oxygen atoms in total. The van der Waals surface area contributed by atoms with Crippen LogP contribution in [-0.2, 0) is 0 Å².